The Hall–Kier alpha value is -1.27. The first kappa shape index (κ1) is 12.8. The fourth-order valence-corrected chi connectivity index (χ4v) is 1.36. The number of nitrogens with two attached hydrogens (primary N) is 1. The lowest BCUT2D eigenvalue weighted by Crippen LogP contribution is -2.10. The molecule has 0 aromatic carbocycles. The predicted octanol–water partition coefficient (Wildman–Crippen LogP) is 1.92. The molecule has 0 aliphatic rings. The average molecular weight is 251 g/mol. The van der Waals surface area contributed by atoms with Gasteiger partial charge in [-0.25, -0.2) is 18.6 Å². The van der Waals surface area contributed by atoms with Crippen LogP contribution in [0.2, 0.25) is 5.02 Å². The van der Waals surface area contributed by atoms with Crippen molar-refractivity contribution >= 4 is 17.6 Å². The first-order chi connectivity index (χ1) is 7.51. The highest BCUT2D eigenvalue weighted by Gasteiger charge is 2.20. The second kappa shape index (κ2) is 5.18. The van der Waals surface area contributed by atoms with Gasteiger partial charge in [-0.3, -0.25) is 0 Å². The van der Waals surface area contributed by atoms with Crippen molar-refractivity contribution < 1.29 is 18.3 Å². The Morgan fingerprint density at radius 2 is 2.31 bits per heavy atom. The topological polar surface area (TPSA) is 65.2 Å². The Kier molecular flexibility index (Phi) is 4.14. The molecule has 1 aromatic rings. The van der Waals surface area contributed by atoms with Crippen molar-refractivity contribution in [2.24, 2.45) is 5.73 Å². The van der Waals surface area contributed by atoms with Crippen LogP contribution in [0.1, 0.15) is 28.2 Å². The summed E-state index contributed by atoms with van der Waals surface area (Å²) in [7, 11) is 1.13. The van der Waals surface area contributed by atoms with Gasteiger partial charge >= 0.3 is 5.97 Å². The maximum absolute atomic E-state index is 12.5. The van der Waals surface area contributed by atoms with Gasteiger partial charge in [-0.05, 0) is 6.07 Å². The molecule has 0 spiro atoms. The summed E-state index contributed by atoms with van der Waals surface area (Å²) in [6.07, 6.45) is -2.80. The summed E-state index contributed by atoms with van der Waals surface area (Å²) >= 11 is 5.77. The van der Waals surface area contributed by atoms with Gasteiger partial charge in [-0.1, -0.05) is 11.6 Å². The third kappa shape index (κ3) is 2.45. The first-order valence-electron chi connectivity index (χ1n) is 4.27. The second-order valence-corrected chi connectivity index (χ2v) is 3.23. The summed E-state index contributed by atoms with van der Waals surface area (Å²) in [5, 5.41) is -0.0567. The number of pyridine rings is 1. The van der Waals surface area contributed by atoms with E-state index in [4.69, 9.17) is 17.3 Å². The van der Waals surface area contributed by atoms with Gasteiger partial charge in [0.2, 0.25) is 0 Å². The number of halogens is 3. The van der Waals surface area contributed by atoms with E-state index in [0.717, 1.165) is 13.2 Å². The summed E-state index contributed by atoms with van der Waals surface area (Å²) in [5.74, 6) is -0.802. The van der Waals surface area contributed by atoms with Crippen molar-refractivity contribution in [1.29, 1.82) is 0 Å². The van der Waals surface area contributed by atoms with E-state index in [9.17, 15) is 13.6 Å². The molecule has 16 heavy (non-hydrogen) atoms. The van der Waals surface area contributed by atoms with Crippen molar-refractivity contribution in [2.45, 2.75) is 13.0 Å². The molecular formula is C9H9ClF2N2O2. The Bertz CT molecular complexity index is 413. The SMILES string of the molecule is COC(=O)c1cc(C(F)F)nc(CN)c1Cl. The summed E-state index contributed by atoms with van der Waals surface area (Å²) in [6, 6.07) is 0.901. The predicted molar refractivity (Wildman–Crippen MR) is 53.4 cm³/mol. The molecule has 0 aliphatic heterocycles. The minimum atomic E-state index is -2.80. The number of hydrogen-bond donors (Lipinski definition) is 1. The molecule has 0 amide bonds. The van der Waals surface area contributed by atoms with Gasteiger partial charge in [-0.2, -0.15) is 0 Å². The normalized spacial score (nSPS) is 10.6. The van der Waals surface area contributed by atoms with Crippen LogP contribution in [-0.4, -0.2) is 18.1 Å². The molecule has 2 N–H and O–H groups in total. The molecule has 1 heterocycles. The van der Waals surface area contributed by atoms with Crippen molar-refractivity contribution in [2.75, 3.05) is 7.11 Å². The van der Waals surface area contributed by atoms with Gasteiger partial charge in [0.1, 0.15) is 5.69 Å². The third-order valence-electron chi connectivity index (χ3n) is 1.87. The molecule has 1 rings (SSSR count). The van der Waals surface area contributed by atoms with E-state index >= 15 is 0 Å². The van der Waals surface area contributed by atoms with Crippen LogP contribution in [0.4, 0.5) is 8.78 Å². The largest absolute Gasteiger partial charge is 0.465 e. The van der Waals surface area contributed by atoms with Crippen LogP contribution < -0.4 is 5.73 Å². The quantitative estimate of drug-likeness (QED) is 0.833. The van der Waals surface area contributed by atoms with Crippen molar-refractivity contribution in [3.8, 4) is 0 Å². The highest BCUT2D eigenvalue weighted by atomic mass is 35.5. The average Bonchev–Trinajstić information content (AvgIpc) is 2.28. The van der Waals surface area contributed by atoms with Gasteiger partial charge in [0.05, 0.1) is 23.4 Å². The van der Waals surface area contributed by atoms with E-state index in [2.05, 4.69) is 9.72 Å². The van der Waals surface area contributed by atoms with E-state index in [-0.39, 0.29) is 22.8 Å². The van der Waals surface area contributed by atoms with Crippen molar-refractivity contribution in [3.63, 3.8) is 0 Å². The maximum atomic E-state index is 12.5. The summed E-state index contributed by atoms with van der Waals surface area (Å²) in [6.45, 7) is -0.136. The lowest BCUT2D eigenvalue weighted by atomic mass is 10.2. The van der Waals surface area contributed by atoms with Crippen LogP contribution in [-0.2, 0) is 11.3 Å². The minimum absolute atomic E-state index is 0.0415. The zero-order valence-corrected chi connectivity index (χ0v) is 9.09. The molecule has 0 saturated heterocycles. The molecule has 4 nitrogen and oxygen atoms in total. The first-order valence-corrected chi connectivity index (χ1v) is 4.64. The van der Waals surface area contributed by atoms with Gasteiger partial charge < -0.3 is 10.5 Å². The number of aromatic nitrogens is 1. The van der Waals surface area contributed by atoms with Crippen LogP contribution in [0.5, 0.6) is 0 Å². The second-order valence-electron chi connectivity index (χ2n) is 2.85. The number of alkyl halides is 2. The van der Waals surface area contributed by atoms with Gasteiger partial charge in [0.25, 0.3) is 6.43 Å². The summed E-state index contributed by atoms with van der Waals surface area (Å²) < 4.78 is 29.3. The molecule has 0 radical (unpaired) electrons. The fraction of sp³-hybridized carbons (Fsp3) is 0.333. The molecule has 0 atom stereocenters. The number of ether oxygens (including phenoxy) is 1. The van der Waals surface area contributed by atoms with Crippen LogP contribution >= 0.6 is 11.6 Å². The molecular weight excluding hydrogens is 242 g/mol. The van der Waals surface area contributed by atoms with Crippen LogP contribution in [0, 0.1) is 0 Å². The number of nitrogens with zero attached hydrogens (tertiary/aromatic N) is 1. The van der Waals surface area contributed by atoms with Gasteiger partial charge in [0, 0.05) is 6.54 Å². The molecule has 0 aliphatic carbocycles. The molecule has 0 unspecified atom stereocenters. The smallest absolute Gasteiger partial charge is 0.339 e. The standard InChI is InChI=1S/C9H9ClF2N2O2/c1-16-9(15)4-2-5(8(11)12)14-6(3-13)7(4)10/h2,8H,3,13H2,1H3. The minimum Gasteiger partial charge on any atom is -0.465 e. The highest BCUT2D eigenvalue weighted by Crippen LogP contribution is 2.26. The van der Waals surface area contributed by atoms with E-state index in [1.807, 2.05) is 0 Å². The summed E-state index contributed by atoms with van der Waals surface area (Å²) in [5.41, 5.74) is 4.62. The number of carbonyl (C=O) groups is 1. The maximum Gasteiger partial charge on any atom is 0.339 e. The van der Waals surface area contributed by atoms with Crippen LogP contribution in [0.25, 0.3) is 0 Å². The Morgan fingerprint density at radius 3 is 2.75 bits per heavy atom. The Morgan fingerprint density at radius 1 is 1.69 bits per heavy atom. The van der Waals surface area contributed by atoms with E-state index < -0.39 is 18.1 Å². The zero-order valence-electron chi connectivity index (χ0n) is 8.34. The molecule has 0 bridgehead atoms. The zero-order chi connectivity index (χ0) is 12.3. The third-order valence-corrected chi connectivity index (χ3v) is 2.29. The molecule has 0 fully saturated rings. The van der Waals surface area contributed by atoms with Gasteiger partial charge in [0.15, 0.2) is 0 Å². The van der Waals surface area contributed by atoms with Crippen LogP contribution in [0.15, 0.2) is 6.07 Å². The number of carbonyl (C=O) groups excluding carboxylic acids is 1. The lowest BCUT2D eigenvalue weighted by molar-refractivity contribution is 0.0600. The Labute approximate surface area is 95.4 Å². The lowest BCUT2D eigenvalue weighted by Gasteiger charge is -2.09. The molecule has 7 heteroatoms. The number of hydrogen-bond acceptors (Lipinski definition) is 4. The molecule has 1 aromatic heterocycles. The van der Waals surface area contributed by atoms with Crippen LogP contribution in [0.3, 0.4) is 0 Å². The number of methoxy groups -OCH3 is 1. The van der Waals surface area contributed by atoms with E-state index in [1.165, 1.54) is 0 Å². The van der Waals surface area contributed by atoms with E-state index in [0.29, 0.717) is 0 Å². The molecule has 88 valence electrons. The fourth-order valence-electron chi connectivity index (χ4n) is 1.11. The van der Waals surface area contributed by atoms with Crippen molar-refractivity contribution in [3.05, 3.63) is 28.0 Å². The highest BCUT2D eigenvalue weighted by molar-refractivity contribution is 6.34. The Balaban J connectivity index is 3.35. The monoisotopic (exact) mass is 250 g/mol. The van der Waals surface area contributed by atoms with Crippen molar-refractivity contribution in [1.82, 2.24) is 4.98 Å². The van der Waals surface area contributed by atoms with E-state index in [1.54, 1.807) is 0 Å². The number of rotatable bonds is 3. The number of esters is 1. The van der Waals surface area contributed by atoms with Gasteiger partial charge in [-0.15, -0.1) is 0 Å². The molecule has 0 saturated carbocycles. The summed E-state index contributed by atoms with van der Waals surface area (Å²) in [4.78, 5) is 14.8.